The fourth-order valence-corrected chi connectivity index (χ4v) is 3.73. The van der Waals surface area contributed by atoms with Crippen molar-refractivity contribution in [3.8, 4) is 5.75 Å². The molecular formula is C21H20ClNO4S. The molecule has 1 unspecified atom stereocenters. The van der Waals surface area contributed by atoms with E-state index in [1.165, 1.54) is 0 Å². The molecule has 1 N–H and O–H groups in total. The molecule has 1 amide bonds. The first-order valence-electron chi connectivity index (χ1n) is 8.78. The monoisotopic (exact) mass is 417 g/mol. The Morgan fingerprint density at radius 3 is 2.61 bits per heavy atom. The second-order valence-corrected chi connectivity index (χ2v) is 7.82. The SMILES string of the molecule is CCOc1ccccc1CNC(=O)c1ccc(CS(=O)c2ccc(Cl)cc2)o1. The number of rotatable bonds is 8. The third-order valence-corrected chi connectivity index (χ3v) is 5.54. The van der Waals surface area contributed by atoms with Gasteiger partial charge >= 0.3 is 0 Å². The number of ether oxygens (including phenoxy) is 1. The van der Waals surface area contributed by atoms with Crippen LogP contribution in [-0.2, 0) is 23.1 Å². The van der Waals surface area contributed by atoms with Gasteiger partial charge in [-0.15, -0.1) is 0 Å². The van der Waals surface area contributed by atoms with Crippen molar-refractivity contribution in [2.75, 3.05) is 6.61 Å². The Balaban J connectivity index is 1.59. The van der Waals surface area contributed by atoms with Gasteiger partial charge in [-0.2, -0.15) is 0 Å². The maximum absolute atomic E-state index is 12.4. The Morgan fingerprint density at radius 1 is 1.11 bits per heavy atom. The van der Waals surface area contributed by atoms with E-state index in [0.717, 1.165) is 11.3 Å². The molecule has 0 bridgehead atoms. The zero-order valence-electron chi connectivity index (χ0n) is 15.3. The van der Waals surface area contributed by atoms with Gasteiger partial charge in [0.05, 0.1) is 23.2 Å². The van der Waals surface area contributed by atoms with Crippen molar-refractivity contribution in [2.24, 2.45) is 0 Å². The summed E-state index contributed by atoms with van der Waals surface area (Å²) in [6.07, 6.45) is 0. The molecule has 1 heterocycles. The Labute approximate surface area is 171 Å². The third-order valence-electron chi connectivity index (χ3n) is 3.95. The number of benzene rings is 2. The predicted molar refractivity (Wildman–Crippen MR) is 109 cm³/mol. The van der Waals surface area contributed by atoms with Gasteiger partial charge in [-0.25, -0.2) is 0 Å². The average molecular weight is 418 g/mol. The molecule has 146 valence electrons. The summed E-state index contributed by atoms with van der Waals surface area (Å²) < 4.78 is 23.5. The molecular weight excluding hydrogens is 398 g/mol. The molecule has 0 saturated carbocycles. The molecule has 2 aromatic carbocycles. The van der Waals surface area contributed by atoms with Crippen LogP contribution < -0.4 is 10.1 Å². The van der Waals surface area contributed by atoms with E-state index in [2.05, 4.69) is 5.32 Å². The van der Waals surface area contributed by atoms with Crippen molar-refractivity contribution in [3.63, 3.8) is 0 Å². The molecule has 3 aromatic rings. The fourth-order valence-electron chi connectivity index (χ4n) is 2.59. The van der Waals surface area contributed by atoms with Gasteiger partial charge in [0.15, 0.2) is 5.76 Å². The quantitative estimate of drug-likeness (QED) is 0.583. The maximum atomic E-state index is 12.4. The lowest BCUT2D eigenvalue weighted by atomic mass is 10.2. The topological polar surface area (TPSA) is 68.5 Å². The number of furan rings is 1. The van der Waals surface area contributed by atoms with Crippen LogP contribution in [0.15, 0.2) is 70.0 Å². The number of amides is 1. The molecule has 0 radical (unpaired) electrons. The zero-order chi connectivity index (χ0) is 19.9. The van der Waals surface area contributed by atoms with Crippen LogP contribution in [-0.4, -0.2) is 16.7 Å². The van der Waals surface area contributed by atoms with Crippen molar-refractivity contribution in [1.82, 2.24) is 5.32 Å². The third kappa shape index (κ3) is 5.24. The van der Waals surface area contributed by atoms with Crippen molar-refractivity contribution >= 4 is 28.3 Å². The second-order valence-electron chi connectivity index (χ2n) is 5.93. The molecule has 0 aliphatic rings. The molecule has 1 aromatic heterocycles. The van der Waals surface area contributed by atoms with E-state index in [1.807, 2.05) is 31.2 Å². The molecule has 0 spiro atoms. The first-order chi connectivity index (χ1) is 13.6. The van der Waals surface area contributed by atoms with Gasteiger partial charge in [-0.05, 0) is 49.4 Å². The largest absolute Gasteiger partial charge is 0.494 e. The van der Waals surface area contributed by atoms with Gasteiger partial charge in [-0.1, -0.05) is 29.8 Å². The summed E-state index contributed by atoms with van der Waals surface area (Å²) in [5.74, 6) is 1.24. The minimum atomic E-state index is -1.28. The van der Waals surface area contributed by atoms with Gasteiger partial charge in [-0.3, -0.25) is 9.00 Å². The number of carbonyl (C=O) groups is 1. The normalized spacial score (nSPS) is 11.8. The average Bonchev–Trinajstić information content (AvgIpc) is 3.16. The standard InChI is InChI=1S/C21H20ClNO4S/c1-2-26-19-6-4-3-5-15(19)13-23-21(24)20-12-9-17(27-20)14-28(25)18-10-7-16(22)8-11-18/h3-12H,2,13-14H2,1H3,(H,23,24). The number of hydrogen-bond donors (Lipinski definition) is 1. The van der Waals surface area contributed by atoms with Gasteiger partial charge < -0.3 is 14.5 Å². The van der Waals surface area contributed by atoms with Crippen molar-refractivity contribution in [1.29, 1.82) is 0 Å². The van der Waals surface area contributed by atoms with E-state index in [4.69, 9.17) is 20.8 Å². The molecule has 3 rings (SSSR count). The highest BCUT2D eigenvalue weighted by atomic mass is 35.5. The van der Waals surface area contributed by atoms with Crippen LogP contribution in [0.1, 0.15) is 28.8 Å². The van der Waals surface area contributed by atoms with E-state index >= 15 is 0 Å². The first-order valence-corrected chi connectivity index (χ1v) is 10.5. The number of hydrogen-bond acceptors (Lipinski definition) is 4. The summed E-state index contributed by atoms with van der Waals surface area (Å²) in [7, 11) is -1.28. The van der Waals surface area contributed by atoms with E-state index in [0.29, 0.717) is 28.8 Å². The molecule has 5 nitrogen and oxygen atoms in total. The minimum Gasteiger partial charge on any atom is -0.494 e. The Kier molecular flexibility index (Phi) is 6.90. The lowest BCUT2D eigenvalue weighted by Crippen LogP contribution is -2.22. The molecule has 0 aliphatic carbocycles. The molecule has 1 atom stereocenters. The minimum absolute atomic E-state index is 0.178. The number of para-hydroxylation sites is 1. The highest BCUT2D eigenvalue weighted by Crippen LogP contribution is 2.19. The molecule has 0 aliphatic heterocycles. The van der Waals surface area contributed by atoms with Crippen LogP contribution in [0.3, 0.4) is 0 Å². The fraction of sp³-hybridized carbons (Fsp3) is 0.190. The van der Waals surface area contributed by atoms with E-state index in [1.54, 1.807) is 36.4 Å². The van der Waals surface area contributed by atoms with Crippen molar-refractivity contribution in [3.05, 3.63) is 82.8 Å². The summed E-state index contributed by atoms with van der Waals surface area (Å²) in [4.78, 5) is 13.0. The molecule has 7 heteroatoms. The van der Waals surface area contributed by atoms with Crippen LogP contribution in [0.25, 0.3) is 0 Å². The van der Waals surface area contributed by atoms with Gasteiger partial charge in [0.2, 0.25) is 0 Å². The van der Waals surface area contributed by atoms with Crippen LogP contribution >= 0.6 is 11.6 Å². The smallest absolute Gasteiger partial charge is 0.287 e. The Bertz CT molecular complexity index is 969. The van der Waals surface area contributed by atoms with E-state index in [9.17, 15) is 9.00 Å². The molecule has 28 heavy (non-hydrogen) atoms. The summed E-state index contributed by atoms with van der Waals surface area (Å²) in [6, 6.07) is 17.6. The first kappa shape index (κ1) is 20.2. The summed E-state index contributed by atoms with van der Waals surface area (Å²) in [6.45, 7) is 2.78. The van der Waals surface area contributed by atoms with Gasteiger partial charge in [0, 0.05) is 22.0 Å². The zero-order valence-corrected chi connectivity index (χ0v) is 16.9. The summed E-state index contributed by atoms with van der Waals surface area (Å²) in [5, 5.41) is 3.40. The van der Waals surface area contributed by atoms with Gasteiger partial charge in [0.25, 0.3) is 5.91 Å². The van der Waals surface area contributed by atoms with Crippen molar-refractivity contribution < 1.29 is 18.2 Å². The lowest BCUT2D eigenvalue weighted by Gasteiger charge is -2.10. The maximum Gasteiger partial charge on any atom is 0.287 e. The van der Waals surface area contributed by atoms with Crippen LogP contribution in [0, 0.1) is 0 Å². The van der Waals surface area contributed by atoms with Crippen molar-refractivity contribution in [2.45, 2.75) is 24.1 Å². The molecule has 0 fully saturated rings. The summed E-state index contributed by atoms with van der Waals surface area (Å²) in [5.41, 5.74) is 0.883. The summed E-state index contributed by atoms with van der Waals surface area (Å²) >= 11 is 5.85. The Hall–Kier alpha value is -2.57. The number of carbonyl (C=O) groups excluding carboxylic acids is 1. The predicted octanol–water partition coefficient (Wildman–Crippen LogP) is 4.57. The van der Waals surface area contributed by atoms with Crippen LogP contribution in [0.5, 0.6) is 5.75 Å². The number of halogens is 1. The number of nitrogens with one attached hydrogen (secondary N) is 1. The second kappa shape index (κ2) is 9.57. The van der Waals surface area contributed by atoms with Crippen LogP contribution in [0.2, 0.25) is 5.02 Å². The Morgan fingerprint density at radius 2 is 1.86 bits per heavy atom. The van der Waals surface area contributed by atoms with Crippen LogP contribution in [0.4, 0.5) is 0 Å². The highest BCUT2D eigenvalue weighted by Gasteiger charge is 2.14. The van der Waals surface area contributed by atoms with E-state index < -0.39 is 10.8 Å². The molecule has 0 saturated heterocycles. The lowest BCUT2D eigenvalue weighted by molar-refractivity contribution is 0.0921. The highest BCUT2D eigenvalue weighted by molar-refractivity contribution is 7.84. The van der Waals surface area contributed by atoms with E-state index in [-0.39, 0.29) is 17.4 Å². The van der Waals surface area contributed by atoms with Gasteiger partial charge in [0.1, 0.15) is 11.5 Å².